The third kappa shape index (κ3) is 4.45. The van der Waals surface area contributed by atoms with Crippen molar-refractivity contribution in [1.29, 1.82) is 0 Å². The van der Waals surface area contributed by atoms with Crippen LogP contribution in [0.25, 0.3) is 0 Å². The number of nitrogens with one attached hydrogen (secondary N) is 1. The summed E-state index contributed by atoms with van der Waals surface area (Å²) >= 11 is 0. The summed E-state index contributed by atoms with van der Waals surface area (Å²) in [6.45, 7) is -0.477. The highest BCUT2D eigenvalue weighted by Crippen LogP contribution is 2.30. The van der Waals surface area contributed by atoms with Gasteiger partial charge in [-0.15, -0.1) is 0 Å². The topological polar surface area (TPSA) is 55.4 Å². The smallest absolute Gasteiger partial charge is 0.416 e. The molecule has 0 atom stereocenters. The van der Waals surface area contributed by atoms with E-state index in [1.807, 2.05) is 0 Å². The van der Waals surface area contributed by atoms with E-state index in [4.69, 9.17) is 4.74 Å². The summed E-state index contributed by atoms with van der Waals surface area (Å²) < 4.78 is 82.5. The predicted molar refractivity (Wildman–Crippen MR) is 78.4 cm³/mol. The summed E-state index contributed by atoms with van der Waals surface area (Å²) in [5.41, 5.74) is -1.32. The Kier molecular flexibility index (Phi) is 5.14. The Balaban J connectivity index is 2.18. The lowest BCUT2D eigenvalue weighted by atomic mass is 10.1. The van der Waals surface area contributed by atoms with E-state index in [0.29, 0.717) is 17.9 Å². The molecule has 9 heteroatoms. The number of ether oxygens (including phenoxy) is 1. The zero-order valence-electron chi connectivity index (χ0n) is 12.4. The van der Waals surface area contributed by atoms with Crippen molar-refractivity contribution in [2.24, 2.45) is 0 Å². The van der Waals surface area contributed by atoms with Gasteiger partial charge in [-0.25, -0.2) is 17.5 Å². The van der Waals surface area contributed by atoms with E-state index < -0.39 is 34.1 Å². The van der Waals surface area contributed by atoms with Crippen LogP contribution in [0.15, 0.2) is 47.4 Å². The van der Waals surface area contributed by atoms with Crippen molar-refractivity contribution in [3.8, 4) is 5.75 Å². The van der Waals surface area contributed by atoms with E-state index in [1.165, 1.54) is 31.4 Å². The number of rotatable bonds is 5. The summed E-state index contributed by atoms with van der Waals surface area (Å²) in [6, 6.07) is 7.31. The molecule has 2 rings (SSSR count). The molecule has 4 nitrogen and oxygen atoms in total. The molecule has 0 radical (unpaired) electrons. The number of halogens is 4. The molecule has 0 heterocycles. The van der Waals surface area contributed by atoms with Gasteiger partial charge in [-0.05, 0) is 48.0 Å². The summed E-state index contributed by atoms with van der Waals surface area (Å²) in [6.07, 6.45) is -4.72. The largest absolute Gasteiger partial charge is 0.497 e. The van der Waals surface area contributed by atoms with E-state index in [9.17, 15) is 26.0 Å². The molecule has 0 aliphatic heterocycles. The summed E-state index contributed by atoms with van der Waals surface area (Å²) in [5.74, 6) is -0.641. The molecule has 0 spiro atoms. The molecular formula is C15H13F4NO3S. The lowest BCUT2D eigenvalue weighted by Gasteiger charge is -2.11. The molecule has 0 aliphatic rings. The number of benzene rings is 2. The second kappa shape index (κ2) is 6.78. The molecule has 24 heavy (non-hydrogen) atoms. The first kappa shape index (κ1) is 18.2. The van der Waals surface area contributed by atoms with Crippen LogP contribution in [0.4, 0.5) is 17.6 Å². The minimum absolute atomic E-state index is 0.0873. The number of methoxy groups -OCH3 is 1. The number of sulfonamides is 1. The molecular weight excluding hydrogens is 350 g/mol. The van der Waals surface area contributed by atoms with Gasteiger partial charge in [0.25, 0.3) is 0 Å². The van der Waals surface area contributed by atoms with E-state index in [2.05, 4.69) is 4.72 Å². The molecule has 0 aromatic heterocycles. The lowest BCUT2D eigenvalue weighted by Crippen LogP contribution is -2.23. The Morgan fingerprint density at radius 3 is 2.25 bits per heavy atom. The van der Waals surface area contributed by atoms with Gasteiger partial charge in [-0.2, -0.15) is 13.2 Å². The van der Waals surface area contributed by atoms with Crippen LogP contribution in [-0.4, -0.2) is 15.5 Å². The van der Waals surface area contributed by atoms with Crippen LogP contribution in [0.3, 0.4) is 0 Å². The first-order chi connectivity index (χ1) is 11.1. The van der Waals surface area contributed by atoms with Crippen LogP contribution >= 0.6 is 0 Å². The predicted octanol–water partition coefficient (Wildman–Crippen LogP) is 3.33. The van der Waals surface area contributed by atoms with Gasteiger partial charge in [0.1, 0.15) is 11.6 Å². The minimum atomic E-state index is -4.72. The zero-order valence-corrected chi connectivity index (χ0v) is 13.2. The van der Waals surface area contributed by atoms with Crippen molar-refractivity contribution in [1.82, 2.24) is 4.72 Å². The molecule has 0 fully saturated rings. The van der Waals surface area contributed by atoms with Crippen molar-refractivity contribution in [3.05, 3.63) is 59.4 Å². The van der Waals surface area contributed by atoms with Crippen LogP contribution in [0.2, 0.25) is 0 Å². The molecule has 2 aromatic carbocycles. The average Bonchev–Trinajstić information content (AvgIpc) is 2.52. The Labute approximate surface area is 136 Å². The molecule has 0 bridgehead atoms. The first-order valence-corrected chi connectivity index (χ1v) is 8.10. The number of hydrogen-bond donors (Lipinski definition) is 1. The van der Waals surface area contributed by atoms with Crippen molar-refractivity contribution >= 4 is 10.0 Å². The second-order valence-corrected chi connectivity index (χ2v) is 6.61. The molecule has 0 aliphatic carbocycles. The van der Waals surface area contributed by atoms with Gasteiger partial charge in [-0.1, -0.05) is 0 Å². The van der Waals surface area contributed by atoms with Crippen LogP contribution < -0.4 is 9.46 Å². The third-order valence-electron chi connectivity index (χ3n) is 3.12. The zero-order chi connectivity index (χ0) is 18.0. The van der Waals surface area contributed by atoms with Crippen LogP contribution in [0, 0.1) is 5.82 Å². The fourth-order valence-corrected chi connectivity index (χ4v) is 2.95. The van der Waals surface area contributed by atoms with E-state index >= 15 is 0 Å². The highest BCUT2D eigenvalue weighted by Gasteiger charge is 2.31. The van der Waals surface area contributed by atoms with Crippen molar-refractivity contribution in [3.63, 3.8) is 0 Å². The highest BCUT2D eigenvalue weighted by atomic mass is 32.2. The molecule has 0 saturated carbocycles. The van der Waals surface area contributed by atoms with E-state index in [1.54, 1.807) is 0 Å². The average molecular weight is 363 g/mol. The maximum Gasteiger partial charge on any atom is 0.416 e. The summed E-state index contributed by atoms with van der Waals surface area (Å²) in [5, 5.41) is 0. The Morgan fingerprint density at radius 1 is 1.08 bits per heavy atom. The fourth-order valence-electron chi connectivity index (χ4n) is 1.93. The van der Waals surface area contributed by atoms with Crippen LogP contribution in [-0.2, 0) is 22.7 Å². The van der Waals surface area contributed by atoms with Crippen molar-refractivity contribution in [2.45, 2.75) is 17.6 Å². The van der Waals surface area contributed by atoms with Gasteiger partial charge >= 0.3 is 6.18 Å². The van der Waals surface area contributed by atoms with Gasteiger partial charge in [-0.3, -0.25) is 0 Å². The summed E-state index contributed by atoms with van der Waals surface area (Å²) in [4.78, 5) is -0.0873. The van der Waals surface area contributed by atoms with E-state index in [0.717, 1.165) is 6.07 Å². The molecule has 2 aromatic rings. The van der Waals surface area contributed by atoms with Crippen molar-refractivity contribution < 1.29 is 30.7 Å². The van der Waals surface area contributed by atoms with Gasteiger partial charge in [0, 0.05) is 6.54 Å². The number of alkyl halides is 3. The second-order valence-electron chi connectivity index (χ2n) is 4.85. The Morgan fingerprint density at radius 2 is 1.71 bits per heavy atom. The third-order valence-corrected chi connectivity index (χ3v) is 4.54. The van der Waals surface area contributed by atoms with Crippen LogP contribution in [0.1, 0.15) is 11.1 Å². The standard InChI is InChI=1S/C15H13F4NO3S/c1-23-13-2-4-14(5-3-13)24(21,22)20-9-10-6-11(15(17,18)19)8-12(16)7-10/h2-8,20H,9H2,1H3. The maximum absolute atomic E-state index is 13.3. The van der Waals surface area contributed by atoms with Gasteiger partial charge < -0.3 is 4.74 Å². The molecule has 0 saturated heterocycles. The summed E-state index contributed by atoms with van der Waals surface area (Å²) in [7, 11) is -2.53. The monoisotopic (exact) mass is 363 g/mol. The maximum atomic E-state index is 13.3. The lowest BCUT2D eigenvalue weighted by molar-refractivity contribution is -0.137. The molecule has 130 valence electrons. The van der Waals surface area contributed by atoms with Crippen LogP contribution in [0.5, 0.6) is 5.75 Å². The molecule has 1 N–H and O–H groups in total. The fraction of sp³-hybridized carbons (Fsp3) is 0.200. The SMILES string of the molecule is COc1ccc(S(=O)(=O)NCc2cc(F)cc(C(F)(F)F)c2)cc1. The minimum Gasteiger partial charge on any atom is -0.497 e. The molecule has 0 amide bonds. The van der Waals surface area contributed by atoms with Crippen molar-refractivity contribution in [2.75, 3.05) is 7.11 Å². The van der Waals surface area contributed by atoms with Gasteiger partial charge in [0.2, 0.25) is 10.0 Å². The van der Waals surface area contributed by atoms with Gasteiger partial charge in [0.05, 0.1) is 17.6 Å². The first-order valence-electron chi connectivity index (χ1n) is 6.62. The Hall–Kier alpha value is -2.13. The normalized spacial score (nSPS) is 12.2. The Bertz CT molecular complexity index is 818. The van der Waals surface area contributed by atoms with E-state index in [-0.39, 0.29) is 10.5 Å². The highest BCUT2D eigenvalue weighted by molar-refractivity contribution is 7.89. The quantitative estimate of drug-likeness (QED) is 0.829. The van der Waals surface area contributed by atoms with Gasteiger partial charge in [0.15, 0.2) is 0 Å². The molecule has 0 unspecified atom stereocenters. The number of hydrogen-bond acceptors (Lipinski definition) is 3.